The van der Waals surface area contributed by atoms with Gasteiger partial charge in [-0.1, -0.05) is 24.3 Å². The highest BCUT2D eigenvalue weighted by Crippen LogP contribution is 2.27. The van der Waals surface area contributed by atoms with E-state index < -0.39 is 5.97 Å². The summed E-state index contributed by atoms with van der Waals surface area (Å²) in [6, 6.07) is 13.1. The van der Waals surface area contributed by atoms with Gasteiger partial charge >= 0.3 is 5.97 Å². The first-order chi connectivity index (χ1) is 11.2. The fourth-order valence-electron chi connectivity index (χ4n) is 2.81. The molecule has 0 N–H and O–H groups in total. The molecule has 4 heteroatoms. The largest absolute Gasteiger partial charge is 0.482 e. The van der Waals surface area contributed by atoms with Gasteiger partial charge in [0.25, 0.3) is 0 Å². The van der Waals surface area contributed by atoms with Crippen LogP contribution in [0.25, 0.3) is 0 Å². The molecule has 3 rings (SSSR count). The Morgan fingerprint density at radius 1 is 1.04 bits per heavy atom. The van der Waals surface area contributed by atoms with E-state index in [1.54, 1.807) is 19.1 Å². The van der Waals surface area contributed by atoms with Crippen molar-refractivity contribution in [1.29, 1.82) is 0 Å². The average molecular weight is 310 g/mol. The second-order valence-corrected chi connectivity index (χ2v) is 5.40. The van der Waals surface area contributed by atoms with Crippen molar-refractivity contribution >= 4 is 11.8 Å². The van der Waals surface area contributed by atoms with Gasteiger partial charge in [-0.2, -0.15) is 0 Å². The zero-order chi connectivity index (χ0) is 16.2. The molecule has 118 valence electrons. The van der Waals surface area contributed by atoms with Crippen molar-refractivity contribution in [3.8, 4) is 5.75 Å². The number of esters is 1. The van der Waals surface area contributed by atoms with Gasteiger partial charge in [0.1, 0.15) is 5.75 Å². The third-order valence-electron chi connectivity index (χ3n) is 3.91. The molecule has 23 heavy (non-hydrogen) atoms. The second-order valence-electron chi connectivity index (χ2n) is 5.40. The highest BCUT2D eigenvalue weighted by atomic mass is 16.6. The molecule has 0 aliphatic heterocycles. The quantitative estimate of drug-likeness (QED) is 0.815. The van der Waals surface area contributed by atoms with Crippen molar-refractivity contribution in [2.75, 3.05) is 13.2 Å². The normalized spacial score (nSPS) is 12.8. The van der Waals surface area contributed by atoms with Gasteiger partial charge in [0.2, 0.25) is 0 Å². The Morgan fingerprint density at radius 3 is 2.61 bits per heavy atom. The molecule has 0 saturated heterocycles. The number of fused-ring (bicyclic) bond motifs is 2. The van der Waals surface area contributed by atoms with E-state index in [1.807, 2.05) is 30.3 Å². The van der Waals surface area contributed by atoms with Crippen molar-refractivity contribution in [1.82, 2.24) is 0 Å². The van der Waals surface area contributed by atoms with E-state index in [2.05, 4.69) is 0 Å². The van der Waals surface area contributed by atoms with E-state index >= 15 is 0 Å². The third kappa shape index (κ3) is 3.26. The zero-order valence-corrected chi connectivity index (χ0v) is 13.0. The molecule has 0 aromatic heterocycles. The van der Waals surface area contributed by atoms with Gasteiger partial charge in [0.15, 0.2) is 12.4 Å². The highest BCUT2D eigenvalue weighted by molar-refractivity contribution is 6.11. The Balaban J connectivity index is 1.82. The first-order valence-electron chi connectivity index (χ1n) is 7.73. The lowest BCUT2D eigenvalue weighted by atomic mass is 9.99. The van der Waals surface area contributed by atoms with Crippen molar-refractivity contribution in [2.45, 2.75) is 19.8 Å². The first-order valence-corrected chi connectivity index (χ1v) is 7.73. The lowest BCUT2D eigenvalue weighted by Crippen LogP contribution is -2.14. The summed E-state index contributed by atoms with van der Waals surface area (Å²) in [5.74, 6) is 0.228. The van der Waals surface area contributed by atoms with Crippen LogP contribution in [0.15, 0.2) is 42.5 Å². The van der Waals surface area contributed by atoms with Gasteiger partial charge in [-0.05, 0) is 49.1 Å². The number of benzene rings is 2. The number of hydrogen-bond donors (Lipinski definition) is 0. The van der Waals surface area contributed by atoms with Crippen LogP contribution in [-0.2, 0) is 22.4 Å². The lowest BCUT2D eigenvalue weighted by Gasteiger charge is -2.09. The van der Waals surface area contributed by atoms with Crippen LogP contribution in [-0.4, -0.2) is 25.0 Å². The topological polar surface area (TPSA) is 52.6 Å². The predicted octanol–water partition coefficient (Wildman–Crippen LogP) is 2.96. The zero-order valence-electron chi connectivity index (χ0n) is 13.0. The molecule has 0 fully saturated rings. The number of aryl methyl sites for hydroxylation is 2. The van der Waals surface area contributed by atoms with Crippen LogP contribution in [0.1, 0.15) is 34.0 Å². The standard InChI is InChI=1S/C19H18O4/c1-2-22-18(20)12-23-15-9-10-17-14(11-15)8-7-13-5-3-4-6-16(13)19(17)21/h3-6,9-11H,2,7-8,12H2,1H3. The average Bonchev–Trinajstić information content (AvgIpc) is 2.71. The number of carbonyl (C=O) groups is 2. The van der Waals surface area contributed by atoms with Crippen LogP contribution in [0.5, 0.6) is 5.75 Å². The van der Waals surface area contributed by atoms with Crippen LogP contribution >= 0.6 is 0 Å². The van der Waals surface area contributed by atoms with Crippen LogP contribution in [0.3, 0.4) is 0 Å². The number of carbonyl (C=O) groups excluding carboxylic acids is 2. The molecular formula is C19H18O4. The van der Waals surface area contributed by atoms with Gasteiger partial charge in [-0.3, -0.25) is 4.79 Å². The molecule has 0 amide bonds. The van der Waals surface area contributed by atoms with Gasteiger partial charge in [0, 0.05) is 11.1 Å². The van der Waals surface area contributed by atoms with Crippen molar-refractivity contribution in [3.63, 3.8) is 0 Å². The summed E-state index contributed by atoms with van der Waals surface area (Å²) in [4.78, 5) is 24.0. The molecule has 0 saturated carbocycles. The minimum Gasteiger partial charge on any atom is -0.482 e. The van der Waals surface area contributed by atoms with Crippen molar-refractivity contribution in [3.05, 3.63) is 64.7 Å². The van der Waals surface area contributed by atoms with E-state index in [0.29, 0.717) is 17.9 Å². The molecule has 4 nitrogen and oxygen atoms in total. The SMILES string of the molecule is CCOC(=O)COc1ccc2c(c1)CCc1ccccc1C2=O. The Hall–Kier alpha value is -2.62. The predicted molar refractivity (Wildman–Crippen MR) is 85.9 cm³/mol. The minimum atomic E-state index is -0.397. The summed E-state index contributed by atoms with van der Waals surface area (Å²) in [5.41, 5.74) is 3.50. The van der Waals surface area contributed by atoms with Crippen molar-refractivity contribution in [2.24, 2.45) is 0 Å². The summed E-state index contributed by atoms with van der Waals surface area (Å²) >= 11 is 0. The Morgan fingerprint density at radius 2 is 1.78 bits per heavy atom. The number of rotatable bonds is 4. The molecule has 2 aromatic rings. The molecule has 1 aliphatic rings. The molecule has 0 bridgehead atoms. The van der Waals surface area contributed by atoms with E-state index in [0.717, 1.165) is 29.5 Å². The first kappa shape index (κ1) is 15.3. The van der Waals surface area contributed by atoms with Gasteiger partial charge in [-0.15, -0.1) is 0 Å². The second kappa shape index (κ2) is 6.65. The summed E-state index contributed by atoms with van der Waals surface area (Å²) < 4.78 is 10.3. The van der Waals surface area contributed by atoms with E-state index in [4.69, 9.17) is 9.47 Å². The van der Waals surface area contributed by atoms with Crippen LogP contribution in [0.2, 0.25) is 0 Å². The van der Waals surface area contributed by atoms with Crippen LogP contribution in [0, 0.1) is 0 Å². The number of ether oxygens (including phenoxy) is 2. The van der Waals surface area contributed by atoms with Crippen LogP contribution in [0.4, 0.5) is 0 Å². The lowest BCUT2D eigenvalue weighted by molar-refractivity contribution is -0.145. The summed E-state index contributed by atoms with van der Waals surface area (Å²) in [6.07, 6.45) is 1.59. The fraction of sp³-hybridized carbons (Fsp3) is 0.263. The molecule has 1 aliphatic carbocycles. The smallest absolute Gasteiger partial charge is 0.344 e. The highest BCUT2D eigenvalue weighted by Gasteiger charge is 2.21. The molecule has 0 heterocycles. The summed E-state index contributed by atoms with van der Waals surface area (Å²) in [5, 5.41) is 0. The molecule has 0 atom stereocenters. The Kier molecular flexibility index (Phi) is 4.42. The van der Waals surface area contributed by atoms with Crippen LogP contribution < -0.4 is 4.74 Å². The molecule has 0 radical (unpaired) electrons. The van der Waals surface area contributed by atoms with Gasteiger partial charge in [0.05, 0.1) is 6.61 Å². The monoisotopic (exact) mass is 310 g/mol. The van der Waals surface area contributed by atoms with Crippen molar-refractivity contribution < 1.29 is 19.1 Å². The molecule has 2 aromatic carbocycles. The van der Waals surface area contributed by atoms with E-state index in [9.17, 15) is 9.59 Å². The Bertz CT molecular complexity index is 749. The number of hydrogen-bond acceptors (Lipinski definition) is 4. The molecule has 0 unspecified atom stereocenters. The summed E-state index contributed by atoms with van der Waals surface area (Å²) in [7, 11) is 0. The fourth-order valence-corrected chi connectivity index (χ4v) is 2.81. The minimum absolute atomic E-state index is 0.0463. The maximum atomic E-state index is 12.7. The number of ketones is 1. The van der Waals surface area contributed by atoms with Gasteiger partial charge in [-0.25, -0.2) is 4.79 Å². The molecular weight excluding hydrogens is 292 g/mol. The van der Waals surface area contributed by atoms with Gasteiger partial charge < -0.3 is 9.47 Å². The Labute approximate surface area is 135 Å². The van der Waals surface area contributed by atoms with E-state index in [1.165, 1.54) is 0 Å². The summed E-state index contributed by atoms with van der Waals surface area (Å²) in [6.45, 7) is 1.96. The van der Waals surface area contributed by atoms with E-state index in [-0.39, 0.29) is 12.4 Å². The maximum Gasteiger partial charge on any atom is 0.344 e. The molecule has 0 spiro atoms. The third-order valence-corrected chi connectivity index (χ3v) is 3.91. The maximum absolute atomic E-state index is 12.7.